The molecule has 0 fully saturated rings. The first-order chi connectivity index (χ1) is 12.0. The van der Waals surface area contributed by atoms with E-state index in [-0.39, 0.29) is 24.1 Å². The Morgan fingerprint density at radius 3 is 2.24 bits per heavy atom. The molecule has 2 aromatic carbocycles. The number of rotatable bonds is 6. The quantitative estimate of drug-likeness (QED) is 0.752. The number of carbonyl (C=O) groups excluding carboxylic acids is 2. The Labute approximate surface area is 145 Å². The minimum absolute atomic E-state index is 0.178. The molecule has 2 aromatic rings. The van der Waals surface area contributed by atoms with Gasteiger partial charge in [-0.1, -0.05) is 6.07 Å². The van der Waals surface area contributed by atoms with Gasteiger partial charge in [-0.15, -0.1) is 0 Å². The third-order valence-electron chi connectivity index (χ3n) is 3.51. The van der Waals surface area contributed by atoms with Crippen molar-refractivity contribution < 1.29 is 18.7 Å². The Kier molecular flexibility index (Phi) is 6.33. The van der Waals surface area contributed by atoms with Gasteiger partial charge < -0.3 is 20.7 Å². The first-order valence-corrected chi connectivity index (χ1v) is 7.73. The normalized spacial score (nSPS) is 10.0. The number of amides is 3. The maximum atomic E-state index is 13.6. The van der Waals surface area contributed by atoms with Crippen LogP contribution in [0.2, 0.25) is 0 Å². The van der Waals surface area contributed by atoms with Crippen molar-refractivity contribution in [1.82, 2.24) is 5.32 Å². The zero-order chi connectivity index (χ0) is 18.2. The highest BCUT2D eigenvalue weighted by Crippen LogP contribution is 2.19. The Bertz CT molecular complexity index is 748. The van der Waals surface area contributed by atoms with E-state index in [9.17, 15) is 14.0 Å². The van der Waals surface area contributed by atoms with E-state index in [0.29, 0.717) is 17.8 Å². The average molecular weight is 345 g/mol. The second-order valence-electron chi connectivity index (χ2n) is 5.30. The second-order valence-corrected chi connectivity index (χ2v) is 5.30. The fourth-order valence-corrected chi connectivity index (χ4v) is 2.18. The van der Waals surface area contributed by atoms with E-state index < -0.39 is 5.82 Å². The van der Waals surface area contributed by atoms with E-state index in [1.165, 1.54) is 20.2 Å². The highest BCUT2D eigenvalue weighted by atomic mass is 19.1. The van der Waals surface area contributed by atoms with Crippen LogP contribution >= 0.6 is 0 Å². The third kappa shape index (κ3) is 5.49. The number of methoxy groups -OCH3 is 1. The molecule has 132 valence electrons. The molecule has 0 saturated heterocycles. The van der Waals surface area contributed by atoms with Crippen molar-refractivity contribution in [3.8, 4) is 5.75 Å². The van der Waals surface area contributed by atoms with Crippen LogP contribution in [0.1, 0.15) is 12.0 Å². The minimum atomic E-state index is -0.445. The standard InChI is InChI=1S/C18H20FN3O3/c1-20-18(24)22-14-7-5-13(6-8-14)21-17(23)10-4-12-3-9-16(25-2)15(19)11-12/h3,5-9,11H,4,10H2,1-2H3,(H,21,23)(H2,20,22,24). The van der Waals surface area contributed by atoms with Crippen LogP contribution in [0.15, 0.2) is 42.5 Å². The number of aryl methyl sites for hydroxylation is 1. The summed E-state index contributed by atoms with van der Waals surface area (Å²) < 4.78 is 18.5. The predicted molar refractivity (Wildman–Crippen MR) is 94.4 cm³/mol. The van der Waals surface area contributed by atoms with Gasteiger partial charge in [-0.2, -0.15) is 0 Å². The zero-order valence-electron chi connectivity index (χ0n) is 14.1. The molecule has 0 heterocycles. The molecule has 0 aromatic heterocycles. The molecule has 7 heteroatoms. The summed E-state index contributed by atoms with van der Waals surface area (Å²) in [4.78, 5) is 23.2. The fraction of sp³-hybridized carbons (Fsp3) is 0.222. The Hall–Kier alpha value is -3.09. The monoisotopic (exact) mass is 345 g/mol. The molecule has 3 amide bonds. The van der Waals surface area contributed by atoms with Crippen molar-refractivity contribution in [2.45, 2.75) is 12.8 Å². The number of carbonyl (C=O) groups is 2. The van der Waals surface area contributed by atoms with E-state index in [0.717, 1.165) is 5.56 Å². The van der Waals surface area contributed by atoms with Crippen LogP contribution in [-0.2, 0) is 11.2 Å². The van der Waals surface area contributed by atoms with Crippen LogP contribution in [0, 0.1) is 5.82 Å². The van der Waals surface area contributed by atoms with Crippen molar-refractivity contribution in [2.75, 3.05) is 24.8 Å². The van der Waals surface area contributed by atoms with Gasteiger partial charge in [0.05, 0.1) is 7.11 Å². The summed E-state index contributed by atoms with van der Waals surface area (Å²) in [6.07, 6.45) is 0.646. The molecular weight excluding hydrogens is 325 g/mol. The number of hydrogen-bond acceptors (Lipinski definition) is 3. The zero-order valence-corrected chi connectivity index (χ0v) is 14.1. The fourth-order valence-electron chi connectivity index (χ4n) is 2.18. The summed E-state index contributed by atoms with van der Waals surface area (Å²) in [5.74, 6) is -0.443. The lowest BCUT2D eigenvalue weighted by Crippen LogP contribution is -2.24. The third-order valence-corrected chi connectivity index (χ3v) is 3.51. The van der Waals surface area contributed by atoms with Gasteiger partial charge >= 0.3 is 6.03 Å². The molecule has 0 aliphatic rings. The number of benzene rings is 2. The summed E-state index contributed by atoms with van der Waals surface area (Å²) in [6, 6.07) is 11.1. The molecule has 0 aliphatic heterocycles. The lowest BCUT2D eigenvalue weighted by Gasteiger charge is -2.08. The number of halogens is 1. The van der Waals surface area contributed by atoms with Crippen molar-refractivity contribution in [2.24, 2.45) is 0 Å². The van der Waals surface area contributed by atoms with Gasteiger partial charge in [0.2, 0.25) is 5.91 Å². The van der Waals surface area contributed by atoms with Gasteiger partial charge in [0.25, 0.3) is 0 Å². The smallest absolute Gasteiger partial charge is 0.318 e. The number of ether oxygens (including phenoxy) is 1. The largest absolute Gasteiger partial charge is 0.494 e. The summed E-state index contributed by atoms with van der Waals surface area (Å²) in [5, 5.41) is 7.83. The summed E-state index contributed by atoms with van der Waals surface area (Å²) in [5.41, 5.74) is 1.96. The van der Waals surface area contributed by atoms with Crippen molar-refractivity contribution >= 4 is 23.3 Å². The molecule has 0 aliphatic carbocycles. The lowest BCUT2D eigenvalue weighted by molar-refractivity contribution is -0.116. The van der Waals surface area contributed by atoms with Crippen LogP contribution < -0.4 is 20.7 Å². The SMILES string of the molecule is CNC(=O)Nc1ccc(NC(=O)CCc2ccc(OC)c(F)c2)cc1. The molecule has 0 radical (unpaired) electrons. The molecule has 25 heavy (non-hydrogen) atoms. The molecule has 0 spiro atoms. The second kappa shape index (κ2) is 8.68. The van der Waals surface area contributed by atoms with E-state index in [1.807, 2.05) is 0 Å². The van der Waals surface area contributed by atoms with Gasteiger partial charge in [-0.25, -0.2) is 9.18 Å². The summed E-state index contributed by atoms with van der Waals surface area (Å²) in [7, 11) is 2.93. The molecule has 0 unspecified atom stereocenters. The average Bonchev–Trinajstić information content (AvgIpc) is 2.61. The highest BCUT2D eigenvalue weighted by molar-refractivity contribution is 5.92. The van der Waals surface area contributed by atoms with Crippen LogP contribution in [0.25, 0.3) is 0 Å². The first-order valence-electron chi connectivity index (χ1n) is 7.73. The van der Waals surface area contributed by atoms with Gasteiger partial charge in [-0.3, -0.25) is 4.79 Å². The van der Waals surface area contributed by atoms with E-state index >= 15 is 0 Å². The Morgan fingerprint density at radius 1 is 1.04 bits per heavy atom. The van der Waals surface area contributed by atoms with Crippen LogP contribution in [0.3, 0.4) is 0 Å². The van der Waals surface area contributed by atoms with Crippen molar-refractivity contribution in [1.29, 1.82) is 0 Å². The summed E-state index contributed by atoms with van der Waals surface area (Å²) in [6.45, 7) is 0. The molecule has 0 bridgehead atoms. The minimum Gasteiger partial charge on any atom is -0.494 e. The van der Waals surface area contributed by atoms with E-state index in [2.05, 4.69) is 16.0 Å². The molecule has 0 saturated carbocycles. The first kappa shape index (κ1) is 18.3. The van der Waals surface area contributed by atoms with Crippen LogP contribution in [-0.4, -0.2) is 26.1 Å². The predicted octanol–water partition coefficient (Wildman–Crippen LogP) is 3.16. The molecule has 0 atom stereocenters. The van der Waals surface area contributed by atoms with E-state index in [4.69, 9.17) is 4.74 Å². The van der Waals surface area contributed by atoms with Gasteiger partial charge in [0, 0.05) is 24.8 Å². The van der Waals surface area contributed by atoms with Crippen LogP contribution in [0.5, 0.6) is 5.75 Å². The molecule has 2 rings (SSSR count). The number of hydrogen-bond donors (Lipinski definition) is 3. The van der Waals surface area contributed by atoms with Gasteiger partial charge in [-0.05, 0) is 48.4 Å². The van der Waals surface area contributed by atoms with Gasteiger partial charge in [0.15, 0.2) is 11.6 Å². The highest BCUT2D eigenvalue weighted by Gasteiger charge is 2.07. The maximum absolute atomic E-state index is 13.6. The number of urea groups is 1. The Morgan fingerprint density at radius 2 is 1.68 bits per heavy atom. The number of anilines is 2. The molecule has 6 nitrogen and oxygen atoms in total. The maximum Gasteiger partial charge on any atom is 0.318 e. The van der Waals surface area contributed by atoms with Crippen LogP contribution in [0.4, 0.5) is 20.6 Å². The van der Waals surface area contributed by atoms with Crippen molar-refractivity contribution in [3.63, 3.8) is 0 Å². The lowest BCUT2D eigenvalue weighted by atomic mass is 10.1. The topological polar surface area (TPSA) is 79.5 Å². The van der Waals surface area contributed by atoms with Crippen molar-refractivity contribution in [3.05, 3.63) is 53.8 Å². The van der Waals surface area contributed by atoms with Gasteiger partial charge in [0.1, 0.15) is 0 Å². The molecule has 3 N–H and O–H groups in total. The van der Waals surface area contributed by atoms with E-state index in [1.54, 1.807) is 36.4 Å². The Balaban J connectivity index is 1.85. The number of nitrogens with one attached hydrogen (secondary N) is 3. The summed E-state index contributed by atoms with van der Waals surface area (Å²) >= 11 is 0. The molecular formula is C18H20FN3O3.